The van der Waals surface area contributed by atoms with Crippen LogP contribution >= 0.6 is 0 Å². The molecule has 0 spiro atoms. The zero-order valence-electron chi connectivity index (χ0n) is 10.7. The number of methoxy groups -OCH3 is 1. The standard InChI is InChI=1S/C12H25NO3/c1-12(2,11(14)15)7-4-5-8-13-9-6-10-16-3/h13H,4-10H2,1-3H3,(H,14,15). The molecule has 4 nitrogen and oxygen atoms in total. The first-order valence-electron chi connectivity index (χ1n) is 5.94. The zero-order chi connectivity index (χ0) is 12.4. The Hall–Kier alpha value is -0.610. The Morgan fingerprint density at radius 3 is 2.44 bits per heavy atom. The molecule has 0 heterocycles. The lowest BCUT2D eigenvalue weighted by Crippen LogP contribution is -2.24. The molecule has 0 aromatic heterocycles. The van der Waals surface area contributed by atoms with Crippen LogP contribution in [0.15, 0.2) is 0 Å². The molecule has 0 unspecified atom stereocenters. The van der Waals surface area contributed by atoms with Crippen LogP contribution < -0.4 is 5.32 Å². The molecule has 16 heavy (non-hydrogen) atoms. The van der Waals surface area contributed by atoms with Gasteiger partial charge in [-0.15, -0.1) is 0 Å². The van der Waals surface area contributed by atoms with E-state index in [0.717, 1.165) is 45.4 Å². The quantitative estimate of drug-likeness (QED) is 0.564. The molecule has 4 heteroatoms. The van der Waals surface area contributed by atoms with Gasteiger partial charge in [0.25, 0.3) is 0 Å². The van der Waals surface area contributed by atoms with Gasteiger partial charge in [0.15, 0.2) is 0 Å². The van der Waals surface area contributed by atoms with E-state index in [1.165, 1.54) is 0 Å². The first-order valence-corrected chi connectivity index (χ1v) is 5.94. The molecule has 0 rings (SSSR count). The number of hydrogen-bond acceptors (Lipinski definition) is 3. The van der Waals surface area contributed by atoms with Crippen LogP contribution in [0.1, 0.15) is 39.5 Å². The van der Waals surface area contributed by atoms with E-state index in [1.807, 2.05) is 0 Å². The third-order valence-electron chi connectivity index (χ3n) is 2.69. The Bertz CT molecular complexity index is 193. The van der Waals surface area contributed by atoms with Crippen molar-refractivity contribution in [3.8, 4) is 0 Å². The molecule has 0 aromatic carbocycles. The van der Waals surface area contributed by atoms with Crippen molar-refractivity contribution >= 4 is 5.97 Å². The second-order valence-corrected chi connectivity index (χ2v) is 4.74. The highest BCUT2D eigenvalue weighted by Crippen LogP contribution is 2.22. The summed E-state index contributed by atoms with van der Waals surface area (Å²) in [5.41, 5.74) is -0.587. The van der Waals surface area contributed by atoms with E-state index in [0.29, 0.717) is 0 Å². The van der Waals surface area contributed by atoms with Crippen LogP contribution in [0.3, 0.4) is 0 Å². The fraction of sp³-hybridized carbons (Fsp3) is 0.917. The molecule has 0 aliphatic carbocycles. The molecule has 0 bridgehead atoms. The van der Waals surface area contributed by atoms with E-state index in [9.17, 15) is 4.79 Å². The van der Waals surface area contributed by atoms with Crippen molar-refractivity contribution in [3.05, 3.63) is 0 Å². The number of unbranched alkanes of at least 4 members (excludes halogenated alkanes) is 1. The summed E-state index contributed by atoms with van der Waals surface area (Å²) in [7, 11) is 1.70. The first-order chi connectivity index (χ1) is 7.50. The van der Waals surface area contributed by atoms with Crippen LogP contribution in [0, 0.1) is 5.41 Å². The summed E-state index contributed by atoms with van der Waals surface area (Å²) in [5, 5.41) is 12.2. The lowest BCUT2D eigenvalue weighted by molar-refractivity contribution is -0.147. The van der Waals surface area contributed by atoms with Crippen LogP contribution in [0.5, 0.6) is 0 Å². The molecular formula is C12H25NO3. The van der Waals surface area contributed by atoms with Gasteiger partial charge in [-0.1, -0.05) is 6.42 Å². The summed E-state index contributed by atoms with van der Waals surface area (Å²) in [4.78, 5) is 10.8. The van der Waals surface area contributed by atoms with E-state index in [2.05, 4.69) is 5.32 Å². The minimum absolute atomic E-state index is 0.587. The predicted octanol–water partition coefficient (Wildman–Crippen LogP) is 1.89. The minimum atomic E-state index is -0.708. The molecule has 0 saturated carbocycles. The molecule has 0 atom stereocenters. The maximum absolute atomic E-state index is 10.8. The molecule has 0 radical (unpaired) electrons. The molecule has 0 fully saturated rings. The lowest BCUT2D eigenvalue weighted by Gasteiger charge is -2.18. The number of ether oxygens (including phenoxy) is 1. The zero-order valence-corrected chi connectivity index (χ0v) is 10.7. The molecule has 96 valence electrons. The minimum Gasteiger partial charge on any atom is -0.481 e. The summed E-state index contributed by atoms with van der Waals surface area (Å²) >= 11 is 0. The largest absolute Gasteiger partial charge is 0.481 e. The fourth-order valence-corrected chi connectivity index (χ4v) is 1.39. The van der Waals surface area contributed by atoms with Gasteiger partial charge in [-0.2, -0.15) is 0 Å². The van der Waals surface area contributed by atoms with Crippen molar-refractivity contribution in [3.63, 3.8) is 0 Å². The molecule has 0 saturated heterocycles. The van der Waals surface area contributed by atoms with Gasteiger partial charge >= 0.3 is 5.97 Å². The second kappa shape index (κ2) is 8.53. The number of aliphatic carboxylic acids is 1. The van der Waals surface area contributed by atoms with Crippen LogP contribution in [0.2, 0.25) is 0 Å². The number of rotatable bonds is 10. The van der Waals surface area contributed by atoms with Crippen LogP contribution in [0.25, 0.3) is 0 Å². The third kappa shape index (κ3) is 7.65. The van der Waals surface area contributed by atoms with Crippen LogP contribution in [0.4, 0.5) is 0 Å². The van der Waals surface area contributed by atoms with Gasteiger partial charge in [0.05, 0.1) is 5.41 Å². The van der Waals surface area contributed by atoms with E-state index in [1.54, 1.807) is 21.0 Å². The van der Waals surface area contributed by atoms with Crippen molar-refractivity contribution in [2.75, 3.05) is 26.8 Å². The Morgan fingerprint density at radius 2 is 1.88 bits per heavy atom. The van der Waals surface area contributed by atoms with Crippen molar-refractivity contribution in [1.82, 2.24) is 5.32 Å². The van der Waals surface area contributed by atoms with Gasteiger partial charge in [0.2, 0.25) is 0 Å². The van der Waals surface area contributed by atoms with E-state index < -0.39 is 11.4 Å². The van der Waals surface area contributed by atoms with Crippen molar-refractivity contribution in [2.24, 2.45) is 5.41 Å². The number of nitrogens with one attached hydrogen (secondary N) is 1. The second-order valence-electron chi connectivity index (χ2n) is 4.74. The Labute approximate surface area is 98.4 Å². The van der Waals surface area contributed by atoms with Gasteiger partial charge in [-0.3, -0.25) is 4.79 Å². The summed E-state index contributed by atoms with van der Waals surface area (Å²) < 4.78 is 4.94. The molecule has 0 amide bonds. The molecule has 0 aromatic rings. The van der Waals surface area contributed by atoms with Gasteiger partial charge in [0.1, 0.15) is 0 Å². The number of carboxylic acid groups (broad SMARTS) is 1. The molecule has 0 aliphatic heterocycles. The highest BCUT2D eigenvalue weighted by Gasteiger charge is 2.25. The summed E-state index contributed by atoms with van der Waals surface area (Å²) in [6, 6.07) is 0. The Morgan fingerprint density at radius 1 is 1.25 bits per heavy atom. The molecule has 0 aliphatic rings. The van der Waals surface area contributed by atoms with Crippen molar-refractivity contribution in [2.45, 2.75) is 39.5 Å². The topological polar surface area (TPSA) is 58.6 Å². The van der Waals surface area contributed by atoms with E-state index in [4.69, 9.17) is 9.84 Å². The highest BCUT2D eigenvalue weighted by molar-refractivity contribution is 5.73. The first kappa shape index (κ1) is 15.4. The predicted molar refractivity (Wildman–Crippen MR) is 64.6 cm³/mol. The summed E-state index contributed by atoms with van der Waals surface area (Å²) in [5.74, 6) is -0.708. The normalized spacial score (nSPS) is 11.7. The number of hydrogen-bond donors (Lipinski definition) is 2. The molecular weight excluding hydrogens is 206 g/mol. The smallest absolute Gasteiger partial charge is 0.309 e. The highest BCUT2D eigenvalue weighted by atomic mass is 16.5. The van der Waals surface area contributed by atoms with E-state index in [-0.39, 0.29) is 0 Å². The summed E-state index contributed by atoms with van der Waals surface area (Å²) in [6.45, 7) is 6.28. The average molecular weight is 231 g/mol. The Kier molecular flexibility index (Phi) is 8.21. The number of carbonyl (C=O) groups is 1. The fourth-order valence-electron chi connectivity index (χ4n) is 1.39. The van der Waals surface area contributed by atoms with Gasteiger partial charge in [-0.25, -0.2) is 0 Å². The van der Waals surface area contributed by atoms with Gasteiger partial charge in [-0.05, 0) is 46.2 Å². The van der Waals surface area contributed by atoms with Crippen molar-refractivity contribution < 1.29 is 14.6 Å². The maximum atomic E-state index is 10.8. The lowest BCUT2D eigenvalue weighted by atomic mass is 9.87. The summed E-state index contributed by atoms with van der Waals surface area (Å²) in [6.07, 6.45) is 3.75. The SMILES string of the molecule is COCCCNCCCCC(C)(C)C(=O)O. The van der Waals surface area contributed by atoms with Gasteiger partial charge < -0.3 is 15.2 Å². The average Bonchev–Trinajstić information content (AvgIpc) is 2.21. The van der Waals surface area contributed by atoms with Crippen LogP contribution in [-0.4, -0.2) is 37.9 Å². The maximum Gasteiger partial charge on any atom is 0.309 e. The van der Waals surface area contributed by atoms with E-state index >= 15 is 0 Å². The molecule has 2 N–H and O–H groups in total. The third-order valence-corrected chi connectivity index (χ3v) is 2.69. The number of carboxylic acids is 1. The van der Waals surface area contributed by atoms with Gasteiger partial charge in [0, 0.05) is 13.7 Å². The monoisotopic (exact) mass is 231 g/mol. The van der Waals surface area contributed by atoms with Crippen LogP contribution in [-0.2, 0) is 9.53 Å². The Balaban J connectivity index is 3.30. The van der Waals surface area contributed by atoms with Crippen molar-refractivity contribution in [1.29, 1.82) is 0 Å².